The van der Waals surface area contributed by atoms with Crippen LogP contribution < -0.4 is 14.8 Å². The Bertz CT molecular complexity index is 528. The van der Waals surface area contributed by atoms with Gasteiger partial charge in [-0.2, -0.15) is 4.98 Å². The molecule has 0 fully saturated rings. The summed E-state index contributed by atoms with van der Waals surface area (Å²) in [5.74, 6) is 2.38. The highest BCUT2D eigenvalue weighted by atomic mass is 16.6. The first-order valence-electron chi connectivity index (χ1n) is 6.27. The van der Waals surface area contributed by atoms with Crippen LogP contribution in [-0.2, 0) is 13.0 Å². The third-order valence-corrected chi connectivity index (χ3v) is 2.90. The van der Waals surface area contributed by atoms with Crippen molar-refractivity contribution in [2.75, 3.05) is 19.8 Å². The van der Waals surface area contributed by atoms with E-state index < -0.39 is 0 Å². The minimum absolute atomic E-state index is 0.604. The van der Waals surface area contributed by atoms with Crippen molar-refractivity contribution < 1.29 is 14.0 Å². The number of aromatic nitrogens is 2. The van der Waals surface area contributed by atoms with E-state index in [-0.39, 0.29) is 0 Å². The van der Waals surface area contributed by atoms with E-state index in [9.17, 15) is 0 Å². The SMILES string of the molecule is c1cc(CNCCc2ncon2)c2c(c1)OCCO2. The molecule has 6 heteroatoms. The van der Waals surface area contributed by atoms with Gasteiger partial charge in [-0.1, -0.05) is 17.3 Å². The first-order chi connectivity index (χ1) is 9.43. The van der Waals surface area contributed by atoms with Gasteiger partial charge in [0, 0.05) is 25.1 Å². The van der Waals surface area contributed by atoms with Crippen LogP contribution in [0.2, 0.25) is 0 Å². The van der Waals surface area contributed by atoms with Crippen LogP contribution in [0.25, 0.3) is 0 Å². The van der Waals surface area contributed by atoms with Crippen LogP contribution in [0.3, 0.4) is 0 Å². The summed E-state index contributed by atoms with van der Waals surface area (Å²) in [6.45, 7) is 2.73. The summed E-state index contributed by atoms with van der Waals surface area (Å²) in [6.07, 6.45) is 2.08. The van der Waals surface area contributed by atoms with Crippen molar-refractivity contribution in [1.29, 1.82) is 0 Å². The second-order valence-corrected chi connectivity index (χ2v) is 4.22. The number of benzene rings is 1. The van der Waals surface area contributed by atoms with Crippen LogP contribution in [0, 0.1) is 0 Å². The summed E-state index contributed by atoms with van der Waals surface area (Å²) in [7, 11) is 0. The van der Waals surface area contributed by atoms with Crippen molar-refractivity contribution >= 4 is 0 Å². The van der Waals surface area contributed by atoms with E-state index in [4.69, 9.17) is 9.47 Å². The Labute approximate surface area is 110 Å². The molecule has 3 rings (SSSR count). The summed E-state index contributed by atoms with van der Waals surface area (Å²) in [5, 5.41) is 7.09. The van der Waals surface area contributed by atoms with Gasteiger partial charge in [-0.3, -0.25) is 0 Å². The van der Waals surface area contributed by atoms with Crippen molar-refractivity contribution in [3.05, 3.63) is 36.0 Å². The van der Waals surface area contributed by atoms with Crippen LogP contribution in [0.4, 0.5) is 0 Å². The standard InChI is InChI=1S/C13H15N3O3/c1-2-10(13-11(3-1)17-6-7-18-13)8-14-5-4-12-15-9-19-16-12/h1-3,9,14H,4-8H2. The fourth-order valence-electron chi connectivity index (χ4n) is 2.00. The van der Waals surface area contributed by atoms with Crippen molar-refractivity contribution in [2.24, 2.45) is 0 Å². The summed E-state index contributed by atoms with van der Waals surface area (Å²) in [6, 6.07) is 5.94. The van der Waals surface area contributed by atoms with E-state index in [0.29, 0.717) is 19.0 Å². The molecule has 19 heavy (non-hydrogen) atoms. The average molecular weight is 261 g/mol. The fourth-order valence-corrected chi connectivity index (χ4v) is 2.00. The Balaban J connectivity index is 1.55. The van der Waals surface area contributed by atoms with Crippen LogP contribution in [-0.4, -0.2) is 29.9 Å². The van der Waals surface area contributed by atoms with Crippen molar-refractivity contribution in [2.45, 2.75) is 13.0 Å². The molecule has 0 amide bonds. The second kappa shape index (κ2) is 5.71. The predicted octanol–water partition coefficient (Wildman–Crippen LogP) is 1.17. The topological polar surface area (TPSA) is 69.4 Å². The molecule has 100 valence electrons. The molecule has 0 saturated carbocycles. The van der Waals surface area contributed by atoms with Gasteiger partial charge >= 0.3 is 0 Å². The quantitative estimate of drug-likeness (QED) is 0.815. The fraction of sp³-hybridized carbons (Fsp3) is 0.385. The summed E-state index contributed by atoms with van der Waals surface area (Å²) < 4.78 is 15.9. The molecule has 0 spiro atoms. The van der Waals surface area contributed by atoms with Gasteiger partial charge in [0.15, 0.2) is 17.3 Å². The van der Waals surface area contributed by atoms with Gasteiger partial charge in [0.05, 0.1) is 0 Å². The van der Waals surface area contributed by atoms with E-state index in [1.165, 1.54) is 6.39 Å². The number of nitrogens with one attached hydrogen (secondary N) is 1. The van der Waals surface area contributed by atoms with E-state index in [1.54, 1.807) is 0 Å². The van der Waals surface area contributed by atoms with Crippen molar-refractivity contribution in [3.8, 4) is 11.5 Å². The van der Waals surface area contributed by atoms with Gasteiger partial charge in [0.1, 0.15) is 13.2 Å². The van der Waals surface area contributed by atoms with E-state index in [0.717, 1.165) is 36.6 Å². The maximum Gasteiger partial charge on any atom is 0.213 e. The molecule has 0 aliphatic carbocycles. The van der Waals surface area contributed by atoms with E-state index in [1.807, 2.05) is 18.2 Å². The molecular weight excluding hydrogens is 246 g/mol. The Hall–Kier alpha value is -2.08. The molecule has 1 aliphatic heterocycles. The Morgan fingerprint density at radius 1 is 1.21 bits per heavy atom. The number of rotatable bonds is 5. The summed E-state index contributed by atoms with van der Waals surface area (Å²) >= 11 is 0. The molecule has 1 aliphatic rings. The van der Waals surface area contributed by atoms with Gasteiger partial charge in [-0.15, -0.1) is 0 Å². The molecule has 1 aromatic heterocycles. The lowest BCUT2D eigenvalue weighted by atomic mass is 10.1. The molecule has 0 atom stereocenters. The predicted molar refractivity (Wildman–Crippen MR) is 67.1 cm³/mol. The first-order valence-corrected chi connectivity index (χ1v) is 6.27. The molecule has 2 aromatic rings. The molecule has 1 N–H and O–H groups in total. The van der Waals surface area contributed by atoms with Crippen molar-refractivity contribution in [1.82, 2.24) is 15.5 Å². The number of hydrogen-bond acceptors (Lipinski definition) is 6. The molecule has 1 aromatic carbocycles. The lowest BCUT2D eigenvalue weighted by molar-refractivity contribution is 0.169. The van der Waals surface area contributed by atoms with Crippen LogP contribution >= 0.6 is 0 Å². The largest absolute Gasteiger partial charge is 0.486 e. The Morgan fingerprint density at radius 3 is 3.05 bits per heavy atom. The second-order valence-electron chi connectivity index (χ2n) is 4.22. The molecule has 0 radical (unpaired) electrons. The highest BCUT2D eigenvalue weighted by Crippen LogP contribution is 2.33. The molecule has 0 bridgehead atoms. The highest BCUT2D eigenvalue weighted by Gasteiger charge is 2.14. The number of para-hydroxylation sites is 1. The smallest absolute Gasteiger partial charge is 0.213 e. The lowest BCUT2D eigenvalue weighted by Gasteiger charge is -2.21. The average Bonchev–Trinajstić information content (AvgIpc) is 2.97. The van der Waals surface area contributed by atoms with Crippen molar-refractivity contribution in [3.63, 3.8) is 0 Å². The molecule has 0 unspecified atom stereocenters. The molecular formula is C13H15N3O3. The Kier molecular flexibility index (Phi) is 3.60. The Morgan fingerprint density at radius 2 is 2.16 bits per heavy atom. The van der Waals surface area contributed by atoms with Gasteiger partial charge in [0.25, 0.3) is 0 Å². The van der Waals surface area contributed by atoms with Gasteiger partial charge in [0.2, 0.25) is 6.39 Å². The number of nitrogens with zero attached hydrogens (tertiary/aromatic N) is 2. The van der Waals surface area contributed by atoms with Crippen LogP contribution in [0.15, 0.2) is 29.1 Å². The first kappa shape index (κ1) is 12.0. The zero-order valence-corrected chi connectivity index (χ0v) is 10.5. The summed E-state index contributed by atoms with van der Waals surface area (Å²) in [5.41, 5.74) is 1.10. The van der Waals surface area contributed by atoms with Crippen LogP contribution in [0.5, 0.6) is 11.5 Å². The highest BCUT2D eigenvalue weighted by molar-refractivity contribution is 5.47. The number of hydrogen-bond donors (Lipinski definition) is 1. The van der Waals surface area contributed by atoms with Gasteiger partial charge in [-0.25, -0.2) is 0 Å². The zero-order chi connectivity index (χ0) is 12.9. The van der Waals surface area contributed by atoms with E-state index >= 15 is 0 Å². The third-order valence-electron chi connectivity index (χ3n) is 2.90. The molecule has 2 heterocycles. The minimum Gasteiger partial charge on any atom is -0.486 e. The van der Waals surface area contributed by atoms with Gasteiger partial charge < -0.3 is 19.3 Å². The summed E-state index contributed by atoms with van der Waals surface area (Å²) in [4.78, 5) is 3.97. The third kappa shape index (κ3) is 2.85. The van der Waals surface area contributed by atoms with Crippen LogP contribution in [0.1, 0.15) is 11.4 Å². The maximum atomic E-state index is 5.65. The lowest BCUT2D eigenvalue weighted by Crippen LogP contribution is -2.20. The monoisotopic (exact) mass is 261 g/mol. The molecule has 0 saturated heterocycles. The number of fused-ring (bicyclic) bond motifs is 1. The van der Waals surface area contributed by atoms with Gasteiger partial charge in [-0.05, 0) is 6.07 Å². The minimum atomic E-state index is 0.604. The normalized spacial score (nSPS) is 13.5. The number of ether oxygens (including phenoxy) is 2. The van der Waals surface area contributed by atoms with E-state index in [2.05, 4.69) is 20.0 Å². The maximum absolute atomic E-state index is 5.65. The zero-order valence-electron chi connectivity index (χ0n) is 10.5. The molecule has 6 nitrogen and oxygen atoms in total.